The molecule has 120 valence electrons. The quantitative estimate of drug-likeness (QED) is 0.540. The van der Waals surface area contributed by atoms with Crippen molar-refractivity contribution in [2.24, 2.45) is 10.9 Å². The largest absolute Gasteiger partial charge is 0.356 e. The summed E-state index contributed by atoms with van der Waals surface area (Å²) in [7, 11) is 1.79. The Labute approximate surface area is 127 Å². The summed E-state index contributed by atoms with van der Waals surface area (Å²) in [6.45, 7) is 8.00. The fourth-order valence-corrected chi connectivity index (χ4v) is 2.13. The Bertz CT molecular complexity index is 416. The monoisotopic (exact) mass is 295 g/mol. The van der Waals surface area contributed by atoms with E-state index in [2.05, 4.69) is 39.6 Å². The Morgan fingerprint density at radius 3 is 2.71 bits per heavy atom. The van der Waals surface area contributed by atoms with E-state index < -0.39 is 0 Å². The van der Waals surface area contributed by atoms with E-state index in [0.29, 0.717) is 24.1 Å². The van der Waals surface area contributed by atoms with Gasteiger partial charge in [0.15, 0.2) is 11.8 Å². The molecule has 0 aliphatic carbocycles. The van der Waals surface area contributed by atoms with Crippen LogP contribution in [0.2, 0.25) is 0 Å². The zero-order valence-electron chi connectivity index (χ0n) is 13.8. The van der Waals surface area contributed by atoms with Crippen molar-refractivity contribution < 1.29 is 4.52 Å². The van der Waals surface area contributed by atoms with E-state index in [1.54, 1.807) is 7.05 Å². The van der Waals surface area contributed by atoms with Crippen molar-refractivity contribution in [3.8, 4) is 0 Å². The minimum Gasteiger partial charge on any atom is -0.356 e. The first-order chi connectivity index (χ1) is 10.2. The van der Waals surface area contributed by atoms with Crippen molar-refractivity contribution in [1.82, 2.24) is 20.8 Å². The smallest absolute Gasteiger partial charge is 0.228 e. The van der Waals surface area contributed by atoms with Crippen LogP contribution in [0, 0.1) is 12.8 Å². The van der Waals surface area contributed by atoms with Crippen LogP contribution in [0.1, 0.15) is 51.2 Å². The second-order valence-electron chi connectivity index (χ2n) is 5.28. The molecule has 21 heavy (non-hydrogen) atoms. The molecule has 0 spiro atoms. The molecule has 1 heterocycles. The second kappa shape index (κ2) is 10.2. The summed E-state index contributed by atoms with van der Waals surface area (Å²) < 4.78 is 5.08. The van der Waals surface area contributed by atoms with Crippen LogP contribution in [-0.2, 0) is 6.42 Å². The van der Waals surface area contributed by atoms with Crippen LogP contribution in [0.25, 0.3) is 0 Å². The summed E-state index contributed by atoms with van der Waals surface area (Å²) in [5, 5.41) is 10.4. The lowest BCUT2D eigenvalue weighted by molar-refractivity contribution is 0.374. The third-order valence-corrected chi connectivity index (χ3v) is 3.53. The van der Waals surface area contributed by atoms with Gasteiger partial charge in [-0.3, -0.25) is 4.99 Å². The third-order valence-electron chi connectivity index (χ3n) is 3.53. The molecular formula is C15H29N5O. The van der Waals surface area contributed by atoms with Crippen LogP contribution in [-0.4, -0.2) is 36.2 Å². The molecule has 0 bridgehead atoms. The molecule has 1 aromatic rings. The van der Waals surface area contributed by atoms with E-state index in [9.17, 15) is 0 Å². The number of aliphatic imine (C=N–C) groups is 1. The average Bonchev–Trinajstić information content (AvgIpc) is 2.91. The predicted molar refractivity (Wildman–Crippen MR) is 85.4 cm³/mol. The van der Waals surface area contributed by atoms with Gasteiger partial charge in [0.2, 0.25) is 5.89 Å². The summed E-state index contributed by atoms with van der Waals surface area (Å²) in [5.74, 6) is 2.88. The maximum Gasteiger partial charge on any atom is 0.228 e. The Kier molecular flexibility index (Phi) is 8.47. The van der Waals surface area contributed by atoms with Gasteiger partial charge in [0.25, 0.3) is 0 Å². The van der Waals surface area contributed by atoms with Crippen LogP contribution in [0.5, 0.6) is 0 Å². The van der Waals surface area contributed by atoms with Gasteiger partial charge in [0.05, 0.1) is 0 Å². The Morgan fingerprint density at radius 2 is 2.14 bits per heavy atom. The molecule has 0 radical (unpaired) electrons. The maximum absolute atomic E-state index is 5.08. The van der Waals surface area contributed by atoms with Gasteiger partial charge in [-0.25, -0.2) is 0 Å². The summed E-state index contributed by atoms with van der Waals surface area (Å²) in [4.78, 5) is 8.42. The highest BCUT2D eigenvalue weighted by Crippen LogP contribution is 2.10. The SMILES string of the molecule is CCCCC(CC)CNC(=NC)NCCc1nc(C)no1. The maximum atomic E-state index is 5.08. The van der Waals surface area contributed by atoms with E-state index in [0.717, 1.165) is 19.0 Å². The molecule has 0 amide bonds. The fourth-order valence-electron chi connectivity index (χ4n) is 2.13. The molecule has 0 saturated heterocycles. The molecule has 2 N–H and O–H groups in total. The lowest BCUT2D eigenvalue weighted by atomic mass is 9.99. The van der Waals surface area contributed by atoms with Gasteiger partial charge in [-0.15, -0.1) is 0 Å². The fraction of sp³-hybridized carbons (Fsp3) is 0.800. The molecule has 1 rings (SSSR count). The highest BCUT2D eigenvalue weighted by molar-refractivity contribution is 5.79. The van der Waals surface area contributed by atoms with Crippen LogP contribution >= 0.6 is 0 Å². The minimum absolute atomic E-state index is 0.657. The average molecular weight is 295 g/mol. The van der Waals surface area contributed by atoms with E-state index in [1.165, 1.54) is 25.7 Å². The number of nitrogens with one attached hydrogen (secondary N) is 2. The van der Waals surface area contributed by atoms with E-state index >= 15 is 0 Å². The molecule has 6 nitrogen and oxygen atoms in total. The number of guanidine groups is 1. The van der Waals surface area contributed by atoms with Crippen molar-refractivity contribution in [2.75, 3.05) is 20.1 Å². The van der Waals surface area contributed by atoms with Crippen molar-refractivity contribution >= 4 is 5.96 Å². The second-order valence-corrected chi connectivity index (χ2v) is 5.28. The number of aryl methyl sites for hydroxylation is 1. The number of rotatable bonds is 9. The van der Waals surface area contributed by atoms with Crippen molar-refractivity contribution in [3.05, 3.63) is 11.7 Å². The zero-order chi connectivity index (χ0) is 15.5. The summed E-state index contributed by atoms with van der Waals surface area (Å²) >= 11 is 0. The number of hydrogen-bond donors (Lipinski definition) is 2. The van der Waals surface area contributed by atoms with E-state index in [1.807, 2.05) is 6.92 Å². The van der Waals surface area contributed by atoms with Crippen LogP contribution in [0.4, 0.5) is 0 Å². The first-order valence-electron chi connectivity index (χ1n) is 7.93. The Morgan fingerprint density at radius 1 is 1.33 bits per heavy atom. The number of nitrogens with zero attached hydrogens (tertiary/aromatic N) is 3. The van der Waals surface area contributed by atoms with E-state index in [-0.39, 0.29) is 0 Å². The highest BCUT2D eigenvalue weighted by atomic mass is 16.5. The van der Waals surface area contributed by atoms with Crippen molar-refractivity contribution in [3.63, 3.8) is 0 Å². The minimum atomic E-state index is 0.657. The molecular weight excluding hydrogens is 266 g/mol. The lowest BCUT2D eigenvalue weighted by Gasteiger charge is -2.17. The van der Waals surface area contributed by atoms with Crippen LogP contribution in [0.3, 0.4) is 0 Å². The van der Waals surface area contributed by atoms with Gasteiger partial charge in [-0.2, -0.15) is 4.98 Å². The van der Waals surface area contributed by atoms with Gasteiger partial charge in [0, 0.05) is 26.6 Å². The summed E-state index contributed by atoms with van der Waals surface area (Å²) in [6.07, 6.45) is 5.73. The van der Waals surface area contributed by atoms with Gasteiger partial charge in [-0.05, 0) is 19.3 Å². The number of aromatic nitrogens is 2. The molecule has 0 aliphatic heterocycles. The van der Waals surface area contributed by atoms with Crippen LogP contribution < -0.4 is 10.6 Å². The molecule has 0 aromatic carbocycles. The Hall–Kier alpha value is -1.59. The van der Waals surface area contributed by atoms with E-state index in [4.69, 9.17) is 4.52 Å². The first-order valence-corrected chi connectivity index (χ1v) is 7.93. The normalized spacial score (nSPS) is 13.2. The van der Waals surface area contributed by atoms with Crippen molar-refractivity contribution in [1.29, 1.82) is 0 Å². The molecule has 0 saturated carbocycles. The third kappa shape index (κ3) is 7.11. The molecule has 6 heteroatoms. The summed E-state index contributed by atoms with van der Waals surface area (Å²) in [5.41, 5.74) is 0. The molecule has 1 atom stereocenters. The number of hydrogen-bond acceptors (Lipinski definition) is 4. The first kappa shape index (κ1) is 17.5. The highest BCUT2D eigenvalue weighted by Gasteiger charge is 2.07. The molecule has 1 aromatic heterocycles. The topological polar surface area (TPSA) is 75.3 Å². The molecule has 1 unspecified atom stereocenters. The zero-order valence-corrected chi connectivity index (χ0v) is 13.8. The standard InChI is InChI=1S/C15H29N5O/c1-5-7-8-13(6-2)11-18-15(16-4)17-10-9-14-19-12(3)20-21-14/h13H,5-11H2,1-4H3,(H2,16,17,18). The van der Waals surface area contributed by atoms with Gasteiger partial charge < -0.3 is 15.2 Å². The van der Waals surface area contributed by atoms with Gasteiger partial charge in [0.1, 0.15) is 0 Å². The predicted octanol–water partition coefficient (Wildman–Crippen LogP) is 2.30. The van der Waals surface area contributed by atoms with Crippen LogP contribution in [0.15, 0.2) is 9.52 Å². The van der Waals surface area contributed by atoms with Gasteiger partial charge in [-0.1, -0.05) is 38.3 Å². The molecule has 0 fully saturated rings. The summed E-state index contributed by atoms with van der Waals surface area (Å²) in [6, 6.07) is 0. The Balaban J connectivity index is 2.25. The lowest BCUT2D eigenvalue weighted by Crippen LogP contribution is -2.40. The van der Waals surface area contributed by atoms with Crippen molar-refractivity contribution in [2.45, 2.75) is 52.9 Å². The number of unbranched alkanes of at least 4 members (excludes halogenated alkanes) is 1. The van der Waals surface area contributed by atoms with Gasteiger partial charge >= 0.3 is 0 Å². The molecule has 0 aliphatic rings.